The Hall–Kier alpha value is -1.29. The molecule has 1 aromatic heterocycles. The molecular weight excluding hydrogens is 216 g/mol. The molecule has 0 aliphatic carbocycles. The molecule has 0 radical (unpaired) electrons. The van der Waals surface area contributed by atoms with Crippen molar-refractivity contribution in [2.75, 3.05) is 13.1 Å². The lowest BCUT2D eigenvalue weighted by atomic mass is 10.0. The highest BCUT2D eigenvalue weighted by molar-refractivity contribution is 5.76. The van der Waals surface area contributed by atoms with E-state index in [4.69, 9.17) is 10.2 Å². The summed E-state index contributed by atoms with van der Waals surface area (Å²) in [5, 5.41) is 0. The Kier molecular flexibility index (Phi) is 3.84. The van der Waals surface area contributed by atoms with Crippen molar-refractivity contribution in [2.45, 2.75) is 32.2 Å². The number of amides is 1. The van der Waals surface area contributed by atoms with E-state index < -0.39 is 0 Å². The van der Waals surface area contributed by atoms with Gasteiger partial charge in [0.2, 0.25) is 5.91 Å². The van der Waals surface area contributed by atoms with Crippen LogP contribution in [0.3, 0.4) is 0 Å². The third kappa shape index (κ3) is 3.09. The number of nitrogens with zero attached hydrogens (tertiary/aromatic N) is 1. The fourth-order valence-electron chi connectivity index (χ4n) is 2.29. The van der Waals surface area contributed by atoms with E-state index in [9.17, 15) is 4.79 Å². The molecule has 2 N–H and O–H groups in total. The van der Waals surface area contributed by atoms with E-state index in [2.05, 4.69) is 0 Å². The molecule has 1 amide bonds. The molecule has 4 heteroatoms. The van der Waals surface area contributed by atoms with E-state index in [1.807, 2.05) is 24.0 Å². The average Bonchev–Trinajstić information content (AvgIpc) is 2.96. The molecule has 0 spiro atoms. The van der Waals surface area contributed by atoms with Crippen LogP contribution >= 0.6 is 0 Å². The van der Waals surface area contributed by atoms with E-state index >= 15 is 0 Å². The SMILES string of the molecule is CC(N)C1CCN(C(=O)CCc2ccco2)C1. The van der Waals surface area contributed by atoms with Crippen LogP contribution in [0, 0.1) is 5.92 Å². The third-order valence-corrected chi connectivity index (χ3v) is 3.49. The monoisotopic (exact) mass is 236 g/mol. The van der Waals surface area contributed by atoms with Gasteiger partial charge in [0, 0.05) is 32.0 Å². The molecule has 4 nitrogen and oxygen atoms in total. The lowest BCUT2D eigenvalue weighted by Gasteiger charge is -2.17. The molecule has 2 rings (SSSR count). The number of nitrogens with two attached hydrogens (primary N) is 1. The fourth-order valence-corrected chi connectivity index (χ4v) is 2.29. The van der Waals surface area contributed by atoms with Gasteiger partial charge in [-0.3, -0.25) is 4.79 Å². The maximum absolute atomic E-state index is 12.0. The first kappa shape index (κ1) is 12.2. The van der Waals surface area contributed by atoms with Crippen molar-refractivity contribution < 1.29 is 9.21 Å². The molecule has 1 aromatic rings. The Balaban J connectivity index is 1.77. The van der Waals surface area contributed by atoms with Gasteiger partial charge in [-0.1, -0.05) is 0 Å². The average molecular weight is 236 g/mol. The standard InChI is InChI=1S/C13H20N2O2/c1-10(14)11-6-7-15(9-11)13(16)5-4-12-3-2-8-17-12/h2-3,8,10-11H,4-7,9,14H2,1H3. The third-order valence-electron chi connectivity index (χ3n) is 3.49. The van der Waals surface area contributed by atoms with Crippen molar-refractivity contribution in [3.63, 3.8) is 0 Å². The van der Waals surface area contributed by atoms with Gasteiger partial charge < -0.3 is 15.1 Å². The van der Waals surface area contributed by atoms with E-state index in [0.29, 0.717) is 18.8 Å². The van der Waals surface area contributed by atoms with Gasteiger partial charge in [0.15, 0.2) is 0 Å². The summed E-state index contributed by atoms with van der Waals surface area (Å²) in [7, 11) is 0. The zero-order valence-corrected chi connectivity index (χ0v) is 10.3. The van der Waals surface area contributed by atoms with Crippen molar-refractivity contribution in [3.05, 3.63) is 24.2 Å². The Labute approximate surface area is 102 Å². The van der Waals surface area contributed by atoms with E-state index in [1.54, 1.807) is 6.26 Å². The molecule has 1 fully saturated rings. The van der Waals surface area contributed by atoms with Crippen molar-refractivity contribution in [3.8, 4) is 0 Å². The normalized spacial score (nSPS) is 21.8. The number of carbonyl (C=O) groups excluding carboxylic acids is 1. The minimum atomic E-state index is 0.179. The topological polar surface area (TPSA) is 59.5 Å². The summed E-state index contributed by atoms with van der Waals surface area (Å²) >= 11 is 0. The first-order chi connectivity index (χ1) is 8.16. The molecule has 94 valence electrons. The summed E-state index contributed by atoms with van der Waals surface area (Å²) in [6.07, 6.45) is 3.89. The number of aryl methyl sites for hydroxylation is 1. The van der Waals surface area contributed by atoms with Crippen LogP contribution in [-0.2, 0) is 11.2 Å². The maximum Gasteiger partial charge on any atom is 0.223 e. The first-order valence-electron chi connectivity index (χ1n) is 6.22. The number of hydrogen-bond donors (Lipinski definition) is 1. The van der Waals surface area contributed by atoms with Crippen LogP contribution < -0.4 is 5.73 Å². The Morgan fingerprint density at radius 1 is 1.71 bits per heavy atom. The summed E-state index contributed by atoms with van der Waals surface area (Å²) < 4.78 is 5.22. The van der Waals surface area contributed by atoms with Gasteiger partial charge in [-0.15, -0.1) is 0 Å². The van der Waals surface area contributed by atoms with Crippen molar-refractivity contribution >= 4 is 5.91 Å². The van der Waals surface area contributed by atoms with Crippen LogP contribution in [0.15, 0.2) is 22.8 Å². The second-order valence-electron chi connectivity index (χ2n) is 4.83. The minimum Gasteiger partial charge on any atom is -0.469 e. The Morgan fingerprint density at radius 3 is 3.12 bits per heavy atom. The second-order valence-corrected chi connectivity index (χ2v) is 4.83. The van der Waals surface area contributed by atoms with Crippen molar-refractivity contribution in [2.24, 2.45) is 11.7 Å². The molecule has 1 aliphatic rings. The highest BCUT2D eigenvalue weighted by atomic mass is 16.3. The van der Waals surface area contributed by atoms with Gasteiger partial charge in [0.25, 0.3) is 0 Å². The highest BCUT2D eigenvalue weighted by Gasteiger charge is 2.27. The summed E-state index contributed by atoms with van der Waals surface area (Å²) in [6.45, 7) is 3.68. The van der Waals surface area contributed by atoms with E-state index in [-0.39, 0.29) is 11.9 Å². The van der Waals surface area contributed by atoms with Crippen LogP contribution in [0.4, 0.5) is 0 Å². The summed E-state index contributed by atoms with van der Waals surface area (Å²) in [5.41, 5.74) is 5.86. The minimum absolute atomic E-state index is 0.179. The zero-order chi connectivity index (χ0) is 12.3. The quantitative estimate of drug-likeness (QED) is 0.859. The van der Waals surface area contributed by atoms with Crippen molar-refractivity contribution in [1.29, 1.82) is 0 Å². The smallest absolute Gasteiger partial charge is 0.223 e. The summed E-state index contributed by atoms with van der Waals surface area (Å²) in [4.78, 5) is 13.9. The largest absolute Gasteiger partial charge is 0.469 e. The molecule has 17 heavy (non-hydrogen) atoms. The molecular formula is C13H20N2O2. The van der Waals surface area contributed by atoms with E-state index in [1.165, 1.54) is 0 Å². The molecule has 0 aromatic carbocycles. The molecule has 2 unspecified atom stereocenters. The first-order valence-corrected chi connectivity index (χ1v) is 6.22. The summed E-state index contributed by atoms with van der Waals surface area (Å²) in [6, 6.07) is 3.93. The van der Waals surface area contributed by atoms with Gasteiger partial charge >= 0.3 is 0 Å². The van der Waals surface area contributed by atoms with Gasteiger partial charge in [-0.25, -0.2) is 0 Å². The van der Waals surface area contributed by atoms with Crippen LogP contribution in [-0.4, -0.2) is 29.9 Å². The van der Waals surface area contributed by atoms with Gasteiger partial charge in [-0.05, 0) is 31.4 Å². The lowest BCUT2D eigenvalue weighted by Crippen LogP contribution is -2.33. The molecule has 1 aliphatic heterocycles. The van der Waals surface area contributed by atoms with Crippen molar-refractivity contribution in [1.82, 2.24) is 4.90 Å². The molecule has 0 bridgehead atoms. The van der Waals surface area contributed by atoms with Gasteiger partial charge in [0.1, 0.15) is 5.76 Å². The number of furan rings is 1. The maximum atomic E-state index is 12.0. The summed E-state index contributed by atoms with van der Waals surface area (Å²) in [5.74, 6) is 1.55. The molecule has 0 saturated carbocycles. The second kappa shape index (κ2) is 5.36. The molecule has 1 saturated heterocycles. The zero-order valence-electron chi connectivity index (χ0n) is 10.3. The predicted octanol–water partition coefficient (Wildman–Crippen LogP) is 1.41. The number of rotatable bonds is 4. The Morgan fingerprint density at radius 2 is 2.53 bits per heavy atom. The van der Waals surface area contributed by atoms with Gasteiger partial charge in [0.05, 0.1) is 6.26 Å². The number of likely N-dealkylation sites (tertiary alicyclic amines) is 1. The number of hydrogen-bond acceptors (Lipinski definition) is 3. The lowest BCUT2D eigenvalue weighted by molar-refractivity contribution is -0.130. The van der Waals surface area contributed by atoms with Crippen LogP contribution in [0.25, 0.3) is 0 Å². The highest BCUT2D eigenvalue weighted by Crippen LogP contribution is 2.19. The van der Waals surface area contributed by atoms with Crippen LogP contribution in [0.1, 0.15) is 25.5 Å². The van der Waals surface area contributed by atoms with E-state index in [0.717, 1.165) is 25.3 Å². The Bertz CT molecular complexity index is 360. The van der Waals surface area contributed by atoms with Gasteiger partial charge in [-0.2, -0.15) is 0 Å². The number of carbonyl (C=O) groups is 1. The molecule has 2 atom stereocenters. The fraction of sp³-hybridized carbons (Fsp3) is 0.615. The predicted molar refractivity (Wildman–Crippen MR) is 65.4 cm³/mol. The van der Waals surface area contributed by atoms with Crippen LogP contribution in [0.2, 0.25) is 0 Å². The molecule has 2 heterocycles. The van der Waals surface area contributed by atoms with Crippen LogP contribution in [0.5, 0.6) is 0 Å².